The molecule has 0 aliphatic rings. The predicted molar refractivity (Wildman–Crippen MR) is 89.9 cm³/mol. The van der Waals surface area contributed by atoms with Gasteiger partial charge in [0.15, 0.2) is 0 Å². The van der Waals surface area contributed by atoms with Gasteiger partial charge in [-0.25, -0.2) is 0 Å². The van der Waals surface area contributed by atoms with Gasteiger partial charge in [-0.1, -0.05) is 63.6 Å². The summed E-state index contributed by atoms with van der Waals surface area (Å²) in [5.74, 6) is 1.14. The van der Waals surface area contributed by atoms with E-state index in [4.69, 9.17) is 0 Å². The summed E-state index contributed by atoms with van der Waals surface area (Å²) in [5, 5.41) is 9.77. The minimum Gasteiger partial charge on any atom is -0.389 e. The summed E-state index contributed by atoms with van der Waals surface area (Å²) >= 11 is 1.81. The van der Waals surface area contributed by atoms with Gasteiger partial charge in [0.2, 0.25) is 0 Å². The molecule has 112 valence electrons. The second-order valence-corrected chi connectivity index (χ2v) is 6.86. The SMILES string of the molecule is CCCC[C@H](/C(=C/[C@H](C)O)Sc1ccccc1)C(C)C. The number of unbranched alkanes of at least 4 members (excludes halogenated alkanes) is 1. The van der Waals surface area contributed by atoms with Crippen LogP contribution in [0.1, 0.15) is 47.0 Å². The van der Waals surface area contributed by atoms with Gasteiger partial charge >= 0.3 is 0 Å². The molecular formula is C18H28OS. The van der Waals surface area contributed by atoms with Crippen molar-refractivity contribution in [3.8, 4) is 0 Å². The molecule has 1 aromatic rings. The molecule has 0 radical (unpaired) electrons. The molecule has 0 heterocycles. The molecule has 0 aliphatic carbocycles. The highest BCUT2D eigenvalue weighted by atomic mass is 32.2. The minimum absolute atomic E-state index is 0.385. The van der Waals surface area contributed by atoms with Crippen molar-refractivity contribution in [2.75, 3.05) is 0 Å². The van der Waals surface area contributed by atoms with E-state index in [1.807, 2.05) is 19.1 Å². The summed E-state index contributed by atoms with van der Waals surface area (Å²) in [7, 11) is 0. The van der Waals surface area contributed by atoms with E-state index >= 15 is 0 Å². The van der Waals surface area contributed by atoms with Crippen LogP contribution < -0.4 is 0 Å². The largest absolute Gasteiger partial charge is 0.389 e. The average molecular weight is 292 g/mol. The lowest BCUT2D eigenvalue weighted by Gasteiger charge is -2.24. The van der Waals surface area contributed by atoms with Gasteiger partial charge in [-0.05, 0) is 48.3 Å². The Morgan fingerprint density at radius 2 is 1.85 bits per heavy atom. The molecule has 0 fully saturated rings. The lowest BCUT2D eigenvalue weighted by Crippen LogP contribution is -2.12. The first-order valence-corrected chi connectivity index (χ1v) is 8.49. The second-order valence-electron chi connectivity index (χ2n) is 5.72. The normalized spacial score (nSPS) is 15.4. The van der Waals surface area contributed by atoms with Gasteiger partial charge < -0.3 is 5.11 Å². The van der Waals surface area contributed by atoms with E-state index in [1.54, 1.807) is 11.8 Å². The molecule has 2 atom stereocenters. The summed E-state index contributed by atoms with van der Waals surface area (Å²) in [6.45, 7) is 8.63. The average Bonchev–Trinajstić information content (AvgIpc) is 2.39. The molecule has 0 aliphatic heterocycles. The van der Waals surface area contributed by atoms with Crippen LogP contribution in [0.25, 0.3) is 0 Å². The summed E-state index contributed by atoms with van der Waals surface area (Å²) in [6.07, 6.45) is 5.31. The Hall–Kier alpha value is -0.730. The maximum atomic E-state index is 9.77. The van der Waals surface area contributed by atoms with Crippen molar-refractivity contribution in [1.82, 2.24) is 0 Å². The molecule has 0 unspecified atom stereocenters. The van der Waals surface area contributed by atoms with Crippen LogP contribution in [-0.2, 0) is 0 Å². The van der Waals surface area contributed by atoms with E-state index in [-0.39, 0.29) is 6.10 Å². The first kappa shape index (κ1) is 17.3. The van der Waals surface area contributed by atoms with Gasteiger partial charge in [0.25, 0.3) is 0 Å². The number of hydrogen-bond donors (Lipinski definition) is 1. The van der Waals surface area contributed by atoms with Crippen LogP contribution in [0.5, 0.6) is 0 Å². The molecule has 1 nitrogen and oxygen atoms in total. The Kier molecular flexibility index (Phi) is 8.01. The molecule has 1 aromatic carbocycles. The number of aliphatic hydroxyl groups is 1. The lowest BCUT2D eigenvalue weighted by atomic mass is 9.89. The number of benzene rings is 1. The van der Waals surface area contributed by atoms with Crippen molar-refractivity contribution in [1.29, 1.82) is 0 Å². The van der Waals surface area contributed by atoms with Gasteiger partial charge in [-0.2, -0.15) is 0 Å². The fourth-order valence-electron chi connectivity index (χ4n) is 2.32. The first-order chi connectivity index (χ1) is 9.54. The van der Waals surface area contributed by atoms with Crippen molar-refractivity contribution in [3.05, 3.63) is 41.3 Å². The van der Waals surface area contributed by atoms with Crippen molar-refractivity contribution < 1.29 is 5.11 Å². The third kappa shape index (κ3) is 6.15. The van der Waals surface area contributed by atoms with Crippen LogP contribution in [0.3, 0.4) is 0 Å². The van der Waals surface area contributed by atoms with Crippen LogP contribution in [0, 0.1) is 11.8 Å². The summed E-state index contributed by atoms with van der Waals surface area (Å²) in [4.78, 5) is 2.57. The van der Waals surface area contributed by atoms with E-state index in [2.05, 4.69) is 45.0 Å². The van der Waals surface area contributed by atoms with E-state index in [9.17, 15) is 5.11 Å². The smallest absolute Gasteiger partial charge is 0.0703 e. The molecule has 1 rings (SSSR count). The van der Waals surface area contributed by atoms with Crippen LogP contribution in [-0.4, -0.2) is 11.2 Å². The van der Waals surface area contributed by atoms with E-state index in [0.717, 1.165) is 0 Å². The van der Waals surface area contributed by atoms with Crippen molar-refractivity contribution in [3.63, 3.8) is 0 Å². The third-order valence-electron chi connectivity index (χ3n) is 3.42. The fourth-order valence-corrected chi connectivity index (χ4v) is 3.70. The zero-order valence-corrected chi connectivity index (χ0v) is 14.0. The predicted octanol–water partition coefficient (Wildman–Crippen LogP) is 5.51. The monoisotopic (exact) mass is 292 g/mol. The molecule has 0 bridgehead atoms. The fraction of sp³-hybridized carbons (Fsp3) is 0.556. The Morgan fingerprint density at radius 1 is 1.20 bits per heavy atom. The van der Waals surface area contributed by atoms with E-state index < -0.39 is 0 Å². The minimum atomic E-state index is -0.385. The summed E-state index contributed by atoms with van der Waals surface area (Å²) in [5.41, 5.74) is 0. The lowest BCUT2D eigenvalue weighted by molar-refractivity contribution is 0.242. The zero-order chi connectivity index (χ0) is 15.0. The van der Waals surface area contributed by atoms with Gasteiger partial charge in [-0.15, -0.1) is 0 Å². The van der Waals surface area contributed by atoms with Crippen molar-refractivity contribution >= 4 is 11.8 Å². The highest BCUT2D eigenvalue weighted by Crippen LogP contribution is 2.38. The number of thioether (sulfide) groups is 1. The number of allylic oxidation sites excluding steroid dienone is 1. The van der Waals surface area contributed by atoms with Crippen LogP contribution in [0.4, 0.5) is 0 Å². The molecular weight excluding hydrogens is 264 g/mol. The Balaban J connectivity index is 2.92. The summed E-state index contributed by atoms with van der Waals surface area (Å²) in [6, 6.07) is 10.5. The topological polar surface area (TPSA) is 20.2 Å². The Bertz CT molecular complexity index is 395. The Labute approximate surface area is 128 Å². The zero-order valence-electron chi connectivity index (χ0n) is 13.2. The van der Waals surface area contributed by atoms with Crippen LogP contribution >= 0.6 is 11.8 Å². The molecule has 2 heteroatoms. The number of hydrogen-bond acceptors (Lipinski definition) is 2. The highest BCUT2D eigenvalue weighted by molar-refractivity contribution is 8.03. The summed E-state index contributed by atoms with van der Waals surface area (Å²) < 4.78 is 0. The first-order valence-electron chi connectivity index (χ1n) is 7.67. The van der Waals surface area contributed by atoms with Gasteiger partial charge in [0, 0.05) is 4.90 Å². The van der Waals surface area contributed by atoms with Gasteiger partial charge in [-0.3, -0.25) is 0 Å². The van der Waals surface area contributed by atoms with Crippen LogP contribution in [0.2, 0.25) is 0 Å². The maximum absolute atomic E-state index is 9.77. The molecule has 0 saturated carbocycles. The molecule has 20 heavy (non-hydrogen) atoms. The highest BCUT2D eigenvalue weighted by Gasteiger charge is 2.19. The quantitative estimate of drug-likeness (QED) is 0.638. The molecule has 0 amide bonds. The van der Waals surface area contributed by atoms with Crippen molar-refractivity contribution in [2.24, 2.45) is 11.8 Å². The Morgan fingerprint density at radius 3 is 2.35 bits per heavy atom. The second kappa shape index (κ2) is 9.25. The molecule has 0 saturated heterocycles. The van der Waals surface area contributed by atoms with E-state index in [0.29, 0.717) is 11.8 Å². The van der Waals surface area contributed by atoms with Crippen LogP contribution in [0.15, 0.2) is 46.2 Å². The van der Waals surface area contributed by atoms with Gasteiger partial charge in [0.05, 0.1) is 6.10 Å². The standard InChI is InChI=1S/C18H28OS/c1-5-6-12-17(14(2)3)18(13-15(4)19)20-16-10-8-7-9-11-16/h7-11,13-15,17,19H,5-6,12H2,1-4H3/b18-13-/t15-,17-/m0/s1. The number of rotatable bonds is 8. The maximum Gasteiger partial charge on any atom is 0.0703 e. The van der Waals surface area contributed by atoms with E-state index in [1.165, 1.54) is 29.1 Å². The number of aliphatic hydroxyl groups excluding tert-OH is 1. The molecule has 0 spiro atoms. The molecule has 1 N–H and O–H groups in total. The third-order valence-corrected chi connectivity index (χ3v) is 4.61. The van der Waals surface area contributed by atoms with Gasteiger partial charge in [0.1, 0.15) is 0 Å². The molecule has 0 aromatic heterocycles. The van der Waals surface area contributed by atoms with Crippen molar-refractivity contribution in [2.45, 2.75) is 58.0 Å².